The number of benzene rings is 3. The second-order valence-corrected chi connectivity index (χ2v) is 7.51. The summed E-state index contributed by atoms with van der Waals surface area (Å²) in [5.41, 5.74) is 3.23. The Labute approximate surface area is 173 Å². The number of thiocyanates is 1. The van der Waals surface area contributed by atoms with Crippen molar-refractivity contribution in [2.45, 2.75) is 25.2 Å². The standard InChI is InChI=1S/C23H20N2O3S/c1-15-10-19(29-14-24)11-16(2)23(15)25-21(26)13-28-22(27)12-18-8-5-7-17-6-3-4-9-20(17)18/h3-11H,12-13H2,1-2H3,(H,25,26). The third kappa shape index (κ3) is 5.15. The third-order valence-corrected chi connectivity index (χ3v) is 5.08. The highest BCUT2D eigenvalue weighted by Crippen LogP contribution is 2.27. The van der Waals surface area contributed by atoms with E-state index < -0.39 is 11.9 Å². The highest BCUT2D eigenvalue weighted by atomic mass is 32.2. The fourth-order valence-electron chi connectivity index (χ4n) is 3.21. The summed E-state index contributed by atoms with van der Waals surface area (Å²) in [4.78, 5) is 25.3. The molecule has 0 aliphatic rings. The molecule has 3 aromatic carbocycles. The van der Waals surface area contributed by atoms with E-state index in [1.54, 1.807) is 0 Å². The molecule has 0 aliphatic carbocycles. The van der Waals surface area contributed by atoms with Gasteiger partial charge in [0.1, 0.15) is 5.40 Å². The van der Waals surface area contributed by atoms with Crippen molar-refractivity contribution in [2.24, 2.45) is 0 Å². The summed E-state index contributed by atoms with van der Waals surface area (Å²) in [5, 5.41) is 15.7. The Hall–Kier alpha value is -3.30. The Bertz CT molecular complexity index is 1090. The van der Waals surface area contributed by atoms with Crippen molar-refractivity contribution >= 4 is 40.1 Å². The number of carbonyl (C=O) groups is 2. The molecule has 3 rings (SSSR count). The van der Waals surface area contributed by atoms with E-state index in [1.807, 2.05) is 73.8 Å². The summed E-state index contributed by atoms with van der Waals surface area (Å²) < 4.78 is 5.17. The van der Waals surface area contributed by atoms with Crippen LogP contribution in [0.4, 0.5) is 5.69 Å². The molecule has 0 aromatic heterocycles. The van der Waals surface area contributed by atoms with E-state index in [0.717, 1.165) is 44.1 Å². The molecule has 0 aliphatic heterocycles. The lowest BCUT2D eigenvalue weighted by Gasteiger charge is -2.13. The van der Waals surface area contributed by atoms with E-state index in [2.05, 4.69) is 5.32 Å². The highest BCUT2D eigenvalue weighted by molar-refractivity contribution is 8.03. The fraction of sp³-hybridized carbons (Fsp3) is 0.174. The zero-order valence-corrected chi connectivity index (χ0v) is 17.0. The molecule has 5 nitrogen and oxygen atoms in total. The summed E-state index contributed by atoms with van der Waals surface area (Å²) in [5.74, 6) is -0.853. The van der Waals surface area contributed by atoms with Crippen molar-refractivity contribution < 1.29 is 14.3 Å². The van der Waals surface area contributed by atoms with Crippen molar-refractivity contribution in [1.29, 1.82) is 5.26 Å². The van der Waals surface area contributed by atoms with Crippen molar-refractivity contribution in [3.05, 3.63) is 71.3 Å². The van der Waals surface area contributed by atoms with Crippen LogP contribution in [0, 0.1) is 24.5 Å². The number of anilines is 1. The predicted molar refractivity (Wildman–Crippen MR) is 115 cm³/mol. The van der Waals surface area contributed by atoms with Crippen molar-refractivity contribution in [1.82, 2.24) is 0 Å². The van der Waals surface area contributed by atoms with Crippen molar-refractivity contribution in [3.63, 3.8) is 0 Å². The Morgan fingerprint density at radius 1 is 1.07 bits per heavy atom. The number of nitriles is 1. The Morgan fingerprint density at radius 2 is 1.76 bits per heavy atom. The van der Waals surface area contributed by atoms with Gasteiger partial charge in [0.25, 0.3) is 5.91 Å². The average molecular weight is 404 g/mol. The molecule has 0 saturated carbocycles. The van der Waals surface area contributed by atoms with Gasteiger partial charge in [-0.2, -0.15) is 5.26 Å². The maximum absolute atomic E-state index is 12.3. The molecule has 0 unspecified atom stereocenters. The van der Waals surface area contributed by atoms with Crippen LogP contribution in [0.2, 0.25) is 0 Å². The van der Waals surface area contributed by atoms with Gasteiger partial charge in [0.05, 0.1) is 6.42 Å². The van der Waals surface area contributed by atoms with Gasteiger partial charge in [-0.05, 0) is 65.2 Å². The molecule has 0 bridgehead atoms. The normalized spacial score (nSPS) is 10.4. The number of fused-ring (bicyclic) bond motifs is 1. The third-order valence-electron chi connectivity index (χ3n) is 4.51. The first-order valence-electron chi connectivity index (χ1n) is 9.07. The van der Waals surface area contributed by atoms with Crippen LogP contribution in [-0.2, 0) is 20.7 Å². The number of carbonyl (C=O) groups excluding carboxylic acids is 2. The van der Waals surface area contributed by atoms with Crippen LogP contribution in [-0.4, -0.2) is 18.5 Å². The number of thioether (sulfide) groups is 1. The van der Waals surface area contributed by atoms with Gasteiger partial charge in [0.2, 0.25) is 0 Å². The van der Waals surface area contributed by atoms with Gasteiger partial charge in [-0.25, -0.2) is 0 Å². The SMILES string of the molecule is Cc1cc(SC#N)cc(C)c1NC(=O)COC(=O)Cc1cccc2ccccc12. The summed E-state index contributed by atoms with van der Waals surface area (Å²) in [6.07, 6.45) is 0.104. The first kappa shape index (κ1) is 20.4. The quantitative estimate of drug-likeness (QED) is 0.364. The second kappa shape index (κ2) is 9.26. The zero-order valence-electron chi connectivity index (χ0n) is 16.2. The summed E-state index contributed by atoms with van der Waals surface area (Å²) in [6.45, 7) is 3.37. The van der Waals surface area contributed by atoms with E-state index in [-0.39, 0.29) is 13.0 Å². The zero-order chi connectivity index (χ0) is 20.8. The number of aryl methyl sites for hydroxylation is 2. The minimum Gasteiger partial charge on any atom is -0.455 e. The molecule has 29 heavy (non-hydrogen) atoms. The largest absolute Gasteiger partial charge is 0.455 e. The molecular weight excluding hydrogens is 384 g/mol. The minimum atomic E-state index is -0.453. The fourth-order valence-corrected chi connectivity index (χ4v) is 3.78. The van der Waals surface area contributed by atoms with Gasteiger partial charge in [0.15, 0.2) is 6.61 Å². The lowest BCUT2D eigenvalue weighted by atomic mass is 10.0. The molecule has 3 aromatic rings. The van der Waals surface area contributed by atoms with E-state index in [9.17, 15) is 9.59 Å². The maximum Gasteiger partial charge on any atom is 0.310 e. The molecule has 6 heteroatoms. The van der Waals surface area contributed by atoms with Crippen molar-refractivity contribution in [3.8, 4) is 5.40 Å². The van der Waals surface area contributed by atoms with E-state index in [4.69, 9.17) is 10.00 Å². The van der Waals surface area contributed by atoms with Crippen LogP contribution in [0.5, 0.6) is 0 Å². The van der Waals surface area contributed by atoms with Gasteiger partial charge in [-0.1, -0.05) is 42.5 Å². The Kier molecular flexibility index (Phi) is 6.53. The van der Waals surface area contributed by atoms with Gasteiger partial charge in [0, 0.05) is 10.6 Å². The minimum absolute atomic E-state index is 0.104. The van der Waals surface area contributed by atoms with Crippen molar-refractivity contribution in [2.75, 3.05) is 11.9 Å². The predicted octanol–water partition coefficient (Wildman–Crippen LogP) is 4.75. The molecule has 1 N–H and O–H groups in total. The van der Waals surface area contributed by atoms with Crippen LogP contribution in [0.3, 0.4) is 0 Å². The van der Waals surface area contributed by atoms with Gasteiger partial charge in [-0.3, -0.25) is 9.59 Å². The van der Waals surface area contributed by atoms with Crippen LogP contribution >= 0.6 is 11.8 Å². The molecule has 0 fully saturated rings. The summed E-state index contributed by atoms with van der Waals surface area (Å²) in [7, 11) is 0. The first-order valence-corrected chi connectivity index (χ1v) is 9.89. The van der Waals surface area contributed by atoms with E-state index in [1.165, 1.54) is 0 Å². The number of nitrogens with one attached hydrogen (secondary N) is 1. The number of ether oxygens (including phenoxy) is 1. The van der Waals surface area contributed by atoms with Crippen LogP contribution < -0.4 is 5.32 Å². The van der Waals surface area contributed by atoms with E-state index in [0.29, 0.717) is 5.69 Å². The van der Waals surface area contributed by atoms with Crippen LogP contribution in [0.25, 0.3) is 10.8 Å². The Morgan fingerprint density at radius 3 is 2.48 bits per heavy atom. The smallest absolute Gasteiger partial charge is 0.310 e. The highest BCUT2D eigenvalue weighted by Gasteiger charge is 2.13. The number of hydrogen-bond acceptors (Lipinski definition) is 5. The van der Waals surface area contributed by atoms with Gasteiger partial charge < -0.3 is 10.1 Å². The second-order valence-electron chi connectivity index (χ2n) is 6.65. The molecule has 0 radical (unpaired) electrons. The summed E-state index contributed by atoms with van der Waals surface area (Å²) in [6, 6.07) is 17.3. The molecule has 146 valence electrons. The number of rotatable bonds is 6. The molecule has 0 heterocycles. The number of nitrogens with zero attached hydrogens (tertiary/aromatic N) is 1. The summed E-state index contributed by atoms with van der Waals surface area (Å²) >= 11 is 1.07. The average Bonchev–Trinajstić information content (AvgIpc) is 2.70. The lowest BCUT2D eigenvalue weighted by molar-refractivity contribution is -0.146. The molecule has 0 saturated heterocycles. The topological polar surface area (TPSA) is 79.2 Å². The number of hydrogen-bond donors (Lipinski definition) is 1. The Balaban J connectivity index is 1.59. The molecule has 1 amide bonds. The molecule has 0 atom stereocenters. The van der Waals surface area contributed by atoms with Crippen LogP contribution in [0.15, 0.2) is 59.5 Å². The van der Waals surface area contributed by atoms with Gasteiger partial charge in [-0.15, -0.1) is 0 Å². The van der Waals surface area contributed by atoms with Crippen LogP contribution in [0.1, 0.15) is 16.7 Å². The number of amides is 1. The molecular formula is C23H20N2O3S. The van der Waals surface area contributed by atoms with E-state index >= 15 is 0 Å². The maximum atomic E-state index is 12.3. The van der Waals surface area contributed by atoms with Gasteiger partial charge >= 0.3 is 5.97 Å². The monoisotopic (exact) mass is 404 g/mol. The lowest BCUT2D eigenvalue weighted by Crippen LogP contribution is -2.22. The number of esters is 1. The molecule has 0 spiro atoms. The first-order chi connectivity index (χ1) is 14.0.